The Kier molecular flexibility index (Phi) is 9.46. The second kappa shape index (κ2) is 12.9. The number of halogens is 1. The number of fused-ring (bicyclic) bond motifs is 1. The summed E-state index contributed by atoms with van der Waals surface area (Å²) in [4.78, 5) is 26.6. The molecule has 0 aliphatic carbocycles. The Labute approximate surface area is 249 Å². The molecule has 0 saturated carbocycles. The van der Waals surface area contributed by atoms with Gasteiger partial charge in [0.05, 0.1) is 25.1 Å². The number of aliphatic hydroxyl groups is 2. The SMILES string of the molecule is COc1cc(OC[C@H](C)OC(=O)C(O)CO)ccc1-c1ccc2c(c1COc1cc(F)ccc1C)N(C)C(=O)C(C)(C)N2. The molecule has 11 heteroatoms. The van der Waals surface area contributed by atoms with Crippen LogP contribution in [0.5, 0.6) is 17.2 Å². The molecule has 0 aromatic heterocycles. The molecule has 3 aromatic rings. The molecule has 4 rings (SSSR count). The number of nitrogens with one attached hydrogen (secondary N) is 1. The number of aryl methyl sites for hydroxylation is 1. The number of ether oxygens (including phenoxy) is 4. The summed E-state index contributed by atoms with van der Waals surface area (Å²) in [6, 6.07) is 13.4. The van der Waals surface area contributed by atoms with Crippen molar-refractivity contribution in [3.63, 3.8) is 0 Å². The summed E-state index contributed by atoms with van der Waals surface area (Å²) in [6.07, 6.45) is -2.31. The first kappa shape index (κ1) is 31.6. The van der Waals surface area contributed by atoms with Crippen molar-refractivity contribution in [3.8, 4) is 28.4 Å². The van der Waals surface area contributed by atoms with Crippen LogP contribution in [0.2, 0.25) is 0 Å². The van der Waals surface area contributed by atoms with Gasteiger partial charge in [-0.15, -0.1) is 0 Å². The van der Waals surface area contributed by atoms with Crippen molar-refractivity contribution in [1.82, 2.24) is 0 Å². The highest BCUT2D eigenvalue weighted by atomic mass is 19.1. The summed E-state index contributed by atoms with van der Waals surface area (Å²) in [7, 11) is 3.24. The van der Waals surface area contributed by atoms with Crippen LogP contribution in [0.3, 0.4) is 0 Å². The number of nitrogens with zero attached hydrogens (tertiary/aromatic N) is 1. The molecule has 10 nitrogen and oxygen atoms in total. The van der Waals surface area contributed by atoms with Crippen LogP contribution in [0.4, 0.5) is 15.8 Å². The Bertz CT molecular complexity index is 1510. The number of anilines is 2. The number of methoxy groups -OCH3 is 1. The Balaban J connectivity index is 1.69. The zero-order chi connectivity index (χ0) is 31.5. The molecule has 0 saturated heterocycles. The van der Waals surface area contributed by atoms with Crippen molar-refractivity contribution in [2.24, 2.45) is 0 Å². The van der Waals surface area contributed by atoms with Crippen LogP contribution in [-0.2, 0) is 20.9 Å². The molecule has 230 valence electrons. The maximum Gasteiger partial charge on any atom is 0.337 e. The molecule has 1 amide bonds. The molecule has 0 spiro atoms. The zero-order valence-electron chi connectivity index (χ0n) is 25.1. The van der Waals surface area contributed by atoms with E-state index in [4.69, 9.17) is 24.1 Å². The first-order valence-electron chi connectivity index (χ1n) is 13.8. The lowest BCUT2D eigenvalue weighted by molar-refractivity contribution is -0.161. The first-order valence-corrected chi connectivity index (χ1v) is 13.8. The topological polar surface area (TPSA) is 127 Å². The highest BCUT2D eigenvalue weighted by molar-refractivity contribution is 6.08. The third kappa shape index (κ3) is 6.84. The van der Waals surface area contributed by atoms with Crippen LogP contribution in [0.15, 0.2) is 48.5 Å². The number of hydrogen-bond acceptors (Lipinski definition) is 9. The molecule has 1 aliphatic rings. The van der Waals surface area contributed by atoms with E-state index in [1.807, 2.05) is 32.9 Å². The van der Waals surface area contributed by atoms with Gasteiger partial charge in [-0.1, -0.05) is 12.1 Å². The lowest BCUT2D eigenvalue weighted by Gasteiger charge is -2.39. The van der Waals surface area contributed by atoms with Gasteiger partial charge in [-0.2, -0.15) is 0 Å². The van der Waals surface area contributed by atoms with Gasteiger partial charge in [-0.25, -0.2) is 9.18 Å². The monoisotopic (exact) mass is 596 g/mol. The molecular weight excluding hydrogens is 559 g/mol. The van der Waals surface area contributed by atoms with Crippen LogP contribution < -0.4 is 24.4 Å². The van der Waals surface area contributed by atoms with E-state index < -0.39 is 36.1 Å². The minimum atomic E-state index is -1.61. The summed E-state index contributed by atoms with van der Waals surface area (Å²) in [5.74, 6) is -0.191. The number of esters is 1. The smallest absolute Gasteiger partial charge is 0.337 e. The summed E-state index contributed by atoms with van der Waals surface area (Å²) >= 11 is 0. The molecule has 1 unspecified atom stereocenters. The zero-order valence-corrected chi connectivity index (χ0v) is 25.1. The molecule has 1 aliphatic heterocycles. The van der Waals surface area contributed by atoms with Gasteiger partial charge in [0.25, 0.3) is 5.91 Å². The summed E-state index contributed by atoms with van der Waals surface area (Å²) < 4.78 is 36.8. The summed E-state index contributed by atoms with van der Waals surface area (Å²) in [5.41, 5.74) is 3.45. The molecule has 0 bridgehead atoms. The predicted molar refractivity (Wildman–Crippen MR) is 159 cm³/mol. The van der Waals surface area contributed by atoms with E-state index in [0.29, 0.717) is 34.1 Å². The van der Waals surface area contributed by atoms with Crippen molar-refractivity contribution < 1.29 is 43.1 Å². The Morgan fingerprint density at radius 3 is 2.49 bits per heavy atom. The number of likely N-dealkylation sites (N-methyl/N-ethyl adjacent to an activating group) is 1. The quantitative estimate of drug-likeness (QED) is 0.279. The molecular formula is C32H37FN2O8. The van der Waals surface area contributed by atoms with Gasteiger partial charge in [0.15, 0.2) is 6.10 Å². The van der Waals surface area contributed by atoms with Crippen molar-refractivity contribution in [3.05, 3.63) is 65.5 Å². The second-order valence-corrected chi connectivity index (χ2v) is 10.9. The van der Waals surface area contributed by atoms with Gasteiger partial charge in [-0.3, -0.25) is 4.79 Å². The van der Waals surface area contributed by atoms with Gasteiger partial charge < -0.3 is 39.4 Å². The molecule has 2 atom stereocenters. The van der Waals surface area contributed by atoms with E-state index in [1.54, 1.807) is 43.1 Å². The fraction of sp³-hybridized carbons (Fsp3) is 0.375. The number of rotatable bonds is 11. The molecule has 3 N–H and O–H groups in total. The highest BCUT2D eigenvalue weighted by Gasteiger charge is 2.38. The van der Waals surface area contributed by atoms with Crippen molar-refractivity contribution in [1.29, 1.82) is 0 Å². The van der Waals surface area contributed by atoms with Crippen LogP contribution >= 0.6 is 0 Å². The largest absolute Gasteiger partial charge is 0.496 e. The lowest BCUT2D eigenvalue weighted by atomic mass is 9.91. The molecule has 0 radical (unpaired) electrons. The van der Waals surface area contributed by atoms with Crippen LogP contribution in [0, 0.1) is 12.7 Å². The van der Waals surface area contributed by atoms with E-state index in [-0.39, 0.29) is 19.1 Å². The minimum Gasteiger partial charge on any atom is -0.496 e. The van der Waals surface area contributed by atoms with Crippen LogP contribution in [0.1, 0.15) is 31.9 Å². The molecule has 3 aromatic carbocycles. The standard InChI is InChI=1S/C32H37FN2O8/c1-18-7-8-20(33)13-27(18)42-17-24-22(11-12-25-29(24)35(5)31(39)32(3,4)34-25)23-10-9-21(14-28(23)40-6)41-16-19(2)43-30(38)26(37)15-36/h7-14,19,26,34,36-37H,15-17H2,1-6H3/t19-,26?/m0/s1. The van der Waals surface area contributed by atoms with E-state index in [9.17, 15) is 19.1 Å². The number of aliphatic hydroxyl groups excluding tert-OH is 2. The number of carbonyl (C=O) groups excluding carboxylic acids is 2. The van der Waals surface area contributed by atoms with Crippen molar-refractivity contribution >= 4 is 23.3 Å². The third-order valence-corrected chi connectivity index (χ3v) is 7.14. The Morgan fingerprint density at radius 2 is 1.79 bits per heavy atom. The number of amides is 1. The predicted octanol–water partition coefficient (Wildman–Crippen LogP) is 4.22. The highest BCUT2D eigenvalue weighted by Crippen LogP contribution is 2.45. The van der Waals surface area contributed by atoms with Crippen LogP contribution in [-0.4, -0.2) is 67.2 Å². The maximum absolute atomic E-state index is 14.0. The fourth-order valence-corrected chi connectivity index (χ4v) is 4.89. The Hall–Kier alpha value is -4.35. The van der Waals surface area contributed by atoms with Gasteiger partial charge in [0.1, 0.15) is 47.9 Å². The molecule has 0 fully saturated rings. The maximum atomic E-state index is 14.0. The van der Waals surface area contributed by atoms with Crippen molar-refractivity contribution in [2.75, 3.05) is 37.6 Å². The molecule has 43 heavy (non-hydrogen) atoms. The fourth-order valence-electron chi connectivity index (χ4n) is 4.89. The van der Waals surface area contributed by atoms with E-state index in [2.05, 4.69) is 5.32 Å². The minimum absolute atomic E-state index is 0.00826. The number of hydrogen-bond donors (Lipinski definition) is 3. The number of carbonyl (C=O) groups is 2. The van der Waals surface area contributed by atoms with E-state index in [0.717, 1.165) is 16.8 Å². The first-order chi connectivity index (χ1) is 20.4. The second-order valence-electron chi connectivity index (χ2n) is 10.9. The van der Waals surface area contributed by atoms with Gasteiger partial charge in [0, 0.05) is 30.3 Å². The van der Waals surface area contributed by atoms with Crippen molar-refractivity contribution in [2.45, 2.75) is 52.0 Å². The van der Waals surface area contributed by atoms with Crippen LogP contribution in [0.25, 0.3) is 11.1 Å². The molecule has 1 heterocycles. The summed E-state index contributed by atoms with van der Waals surface area (Å²) in [6.45, 7) is 6.34. The normalized spacial score (nSPS) is 15.2. The third-order valence-electron chi connectivity index (χ3n) is 7.14. The average Bonchev–Trinajstić information content (AvgIpc) is 2.98. The number of benzene rings is 3. The van der Waals surface area contributed by atoms with Gasteiger partial charge in [0.2, 0.25) is 0 Å². The lowest BCUT2D eigenvalue weighted by Crippen LogP contribution is -2.52. The average molecular weight is 597 g/mol. The van der Waals surface area contributed by atoms with Gasteiger partial charge in [-0.05, 0) is 63.1 Å². The van der Waals surface area contributed by atoms with Gasteiger partial charge >= 0.3 is 5.97 Å². The van der Waals surface area contributed by atoms with E-state index in [1.165, 1.54) is 19.2 Å². The van der Waals surface area contributed by atoms with E-state index >= 15 is 0 Å². The Morgan fingerprint density at radius 1 is 1.07 bits per heavy atom. The summed E-state index contributed by atoms with van der Waals surface area (Å²) in [5, 5.41) is 21.6.